The number of hydrogen-bond donors (Lipinski definition) is 1. The zero-order valence-electron chi connectivity index (χ0n) is 7.71. The Morgan fingerprint density at radius 3 is 2.56 bits per heavy atom. The molecule has 1 rings (SSSR count). The van der Waals surface area contributed by atoms with Crippen molar-refractivity contribution in [3.63, 3.8) is 0 Å². The van der Waals surface area contributed by atoms with Crippen molar-refractivity contribution in [3.8, 4) is 5.75 Å². The van der Waals surface area contributed by atoms with Gasteiger partial charge in [0.05, 0.1) is 5.88 Å². The van der Waals surface area contributed by atoms with Crippen LogP contribution in [0.1, 0.15) is 15.9 Å². The third-order valence-electron chi connectivity index (χ3n) is 1.74. The molecule has 1 N–H and O–H groups in total. The molecule has 0 saturated carbocycles. The maximum atomic E-state index is 13.1. The van der Waals surface area contributed by atoms with E-state index in [9.17, 15) is 18.0 Å². The maximum Gasteiger partial charge on any atom is 0.387 e. The number of hydrogen-bond acceptors (Lipinski definition) is 2. The zero-order valence-corrected chi connectivity index (χ0v) is 8.47. The largest absolute Gasteiger partial charge is 0.478 e. The van der Waals surface area contributed by atoms with Gasteiger partial charge in [-0.1, -0.05) is 0 Å². The summed E-state index contributed by atoms with van der Waals surface area (Å²) in [4.78, 5) is 10.6. The highest BCUT2D eigenvalue weighted by molar-refractivity contribution is 6.17. The van der Waals surface area contributed by atoms with Gasteiger partial charge >= 0.3 is 12.6 Å². The monoisotopic (exact) mass is 254 g/mol. The second-order valence-corrected chi connectivity index (χ2v) is 3.02. The van der Waals surface area contributed by atoms with Crippen LogP contribution in [0, 0.1) is 5.82 Å². The van der Waals surface area contributed by atoms with Crippen LogP contribution in [0.15, 0.2) is 12.1 Å². The summed E-state index contributed by atoms with van der Waals surface area (Å²) in [5.41, 5.74) is -0.783. The molecule has 1 aromatic rings. The fourth-order valence-electron chi connectivity index (χ4n) is 1.06. The Bertz CT molecular complexity index is 409. The van der Waals surface area contributed by atoms with E-state index in [4.69, 9.17) is 16.7 Å². The highest BCUT2D eigenvalue weighted by Gasteiger charge is 2.18. The summed E-state index contributed by atoms with van der Waals surface area (Å²) in [6, 6.07) is 1.44. The Morgan fingerprint density at radius 1 is 1.50 bits per heavy atom. The first kappa shape index (κ1) is 12.6. The smallest absolute Gasteiger partial charge is 0.387 e. The minimum Gasteiger partial charge on any atom is -0.478 e. The lowest BCUT2D eigenvalue weighted by Crippen LogP contribution is -2.09. The van der Waals surface area contributed by atoms with Gasteiger partial charge in [0.25, 0.3) is 0 Å². The van der Waals surface area contributed by atoms with E-state index in [1.54, 1.807) is 0 Å². The fraction of sp³-hybridized carbons (Fsp3) is 0.222. The van der Waals surface area contributed by atoms with Gasteiger partial charge in [-0.15, -0.1) is 11.6 Å². The summed E-state index contributed by atoms with van der Waals surface area (Å²) in [5, 5.41) is 8.64. The molecule has 0 spiro atoms. The van der Waals surface area contributed by atoms with Gasteiger partial charge in [0.1, 0.15) is 17.1 Å². The van der Waals surface area contributed by atoms with Crippen LogP contribution in [0.2, 0.25) is 0 Å². The number of carbonyl (C=O) groups is 1. The van der Waals surface area contributed by atoms with Crippen LogP contribution in [-0.2, 0) is 5.88 Å². The third-order valence-corrected chi connectivity index (χ3v) is 2.03. The highest BCUT2D eigenvalue weighted by atomic mass is 35.5. The normalized spacial score (nSPS) is 10.6. The van der Waals surface area contributed by atoms with Gasteiger partial charge in [-0.3, -0.25) is 0 Å². The van der Waals surface area contributed by atoms with E-state index in [-0.39, 0.29) is 11.4 Å². The average molecular weight is 255 g/mol. The first-order valence-corrected chi connectivity index (χ1v) is 4.55. The van der Waals surface area contributed by atoms with E-state index in [0.29, 0.717) is 6.07 Å². The first-order chi connectivity index (χ1) is 7.45. The molecule has 0 aliphatic rings. The van der Waals surface area contributed by atoms with Gasteiger partial charge < -0.3 is 9.84 Å². The summed E-state index contributed by atoms with van der Waals surface area (Å²) >= 11 is 5.34. The second kappa shape index (κ2) is 5.07. The van der Waals surface area contributed by atoms with E-state index in [2.05, 4.69) is 4.74 Å². The molecule has 0 amide bonds. The molecule has 0 aromatic heterocycles. The van der Waals surface area contributed by atoms with Gasteiger partial charge in [-0.05, 0) is 12.1 Å². The number of carboxylic acids is 1. The summed E-state index contributed by atoms with van der Waals surface area (Å²) in [5.74, 6) is -3.32. The molecule has 1 aromatic carbocycles. The molecule has 0 aliphatic heterocycles. The zero-order chi connectivity index (χ0) is 12.3. The average Bonchev–Trinajstić information content (AvgIpc) is 2.19. The molecule has 0 bridgehead atoms. The van der Waals surface area contributed by atoms with Crippen molar-refractivity contribution in [2.45, 2.75) is 12.5 Å². The van der Waals surface area contributed by atoms with E-state index in [1.807, 2.05) is 0 Å². The number of halogens is 4. The molecule has 3 nitrogen and oxygen atoms in total. The quantitative estimate of drug-likeness (QED) is 0.841. The molecule has 0 unspecified atom stereocenters. The van der Waals surface area contributed by atoms with Crippen molar-refractivity contribution in [3.05, 3.63) is 29.1 Å². The minimum atomic E-state index is -3.19. The number of aromatic carboxylic acids is 1. The molecule has 0 fully saturated rings. The minimum absolute atomic E-state index is 0.109. The molecule has 7 heteroatoms. The molecule has 0 aliphatic carbocycles. The van der Waals surface area contributed by atoms with Crippen molar-refractivity contribution >= 4 is 17.6 Å². The molecule has 0 radical (unpaired) electrons. The van der Waals surface area contributed by atoms with Crippen molar-refractivity contribution in [2.24, 2.45) is 0 Å². The topological polar surface area (TPSA) is 46.5 Å². The van der Waals surface area contributed by atoms with Crippen molar-refractivity contribution in [1.29, 1.82) is 0 Å². The molecule has 0 heterocycles. The van der Waals surface area contributed by atoms with Gasteiger partial charge in [0.15, 0.2) is 0 Å². The van der Waals surface area contributed by atoms with Crippen LogP contribution < -0.4 is 4.74 Å². The lowest BCUT2D eigenvalue weighted by Gasteiger charge is -2.09. The number of benzene rings is 1. The van der Waals surface area contributed by atoms with Gasteiger partial charge in [-0.2, -0.15) is 8.78 Å². The predicted octanol–water partition coefficient (Wildman–Crippen LogP) is 2.86. The molecular formula is C9H6ClF3O3. The molecule has 16 heavy (non-hydrogen) atoms. The first-order valence-electron chi connectivity index (χ1n) is 4.02. The van der Waals surface area contributed by atoms with Gasteiger partial charge in [0.2, 0.25) is 0 Å². The van der Waals surface area contributed by atoms with Gasteiger partial charge in [-0.25, -0.2) is 9.18 Å². The van der Waals surface area contributed by atoms with E-state index < -0.39 is 29.7 Å². The Hall–Kier alpha value is -1.43. The molecular weight excluding hydrogens is 249 g/mol. The molecule has 0 atom stereocenters. The Kier molecular flexibility index (Phi) is 4.00. The molecule has 88 valence electrons. The van der Waals surface area contributed by atoms with Crippen LogP contribution >= 0.6 is 11.6 Å². The van der Waals surface area contributed by atoms with Crippen LogP contribution in [0.4, 0.5) is 13.2 Å². The van der Waals surface area contributed by atoms with E-state index >= 15 is 0 Å². The number of ether oxygens (including phenoxy) is 1. The SMILES string of the molecule is O=C(O)c1cc(F)c(CCl)cc1OC(F)F. The van der Waals surface area contributed by atoms with E-state index in [1.165, 1.54) is 0 Å². The standard InChI is InChI=1S/C9H6ClF3O3/c10-3-4-1-7(16-9(12)13)5(8(14)15)2-6(4)11/h1-2,9H,3H2,(H,14,15). The highest BCUT2D eigenvalue weighted by Crippen LogP contribution is 2.25. The Morgan fingerprint density at radius 2 is 2.12 bits per heavy atom. The summed E-state index contributed by atoms with van der Waals surface area (Å²) in [6.07, 6.45) is 0. The summed E-state index contributed by atoms with van der Waals surface area (Å²) in [7, 11) is 0. The fourth-order valence-corrected chi connectivity index (χ4v) is 1.26. The second-order valence-electron chi connectivity index (χ2n) is 2.76. The van der Waals surface area contributed by atoms with Crippen LogP contribution in [0.25, 0.3) is 0 Å². The number of rotatable bonds is 4. The number of carboxylic acid groups (broad SMARTS) is 1. The summed E-state index contributed by atoms with van der Waals surface area (Å²) in [6.45, 7) is -3.19. The van der Waals surface area contributed by atoms with Crippen LogP contribution in [0.5, 0.6) is 5.75 Å². The van der Waals surface area contributed by atoms with Crippen molar-refractivity contribution in [2.75, 3.05) is 0 Å². The maximum absolute atomic E-state index is 13.1. The predicted molar refractivity (Wildman–Crippen MR) is 49.5 cm³/mol. The molecule has 0 saturated heterocycles. The van der Waals surface area contributed by atoms with Crippen molar-refractivity contribution < 1.29 is 27.8 Å². The lowest BCUT2D eigenvalue weighted by atomic mass is 10.1. The Balaban J connectivity index is 3.25. The van der Waals surface area contributed by atoms with E-state index in [0.717, 1.165) is 6.07 Å². The van der Waals surface area contributed by atoms with Crippen molar-refractivity contribution in [1.82, 2.24) is 0 Å². The third kappa shape index (κ3) is 2.79. The lowest BCUT2D eigenvalue weighted by molar-refractivity contribution is -0.0504. The van der Waals surface area contributed by atoms with Crippen LogP contribution in [-0.4, -0.2) is 17.7 Å². The van der Waals surface area contributed by atoms with Gasteiger partial charge in [0, 0.05) is 5.56 Å². The number of alkyl halides is 3. The van der Waals surface area contributed by atoms with Crippen LogP contribution in [0.3, 0.4) is 0 Å². The Labute approximate surface area is 93.4 Å². The summed E-state index contributed by atoms with van der Waals surface area (Å²) < 4.78 is 41.0.